The fourth-order valence-electron chi connectivity index (χ4n) is 3.33. The molecule has 0 aliphatic carbocycles. The minimum Gasteiger partial charge on any atom is -0.282 e. The highest BCUT2D eigenvalue weighted by atomic mass is 35.5. The molecule has 27 heavy (non-hydrogen) atoms. The smallest absolute Gasteiger partial charge is 0.225 e. The van der Waals surface area contributed by atoms with E-state index in [0.717, 1.165) is 11.1 Å². The first-order valence-corrected chi connectivity index (χ1v) is 9.09. The van der Waals surface area contributed by atoms with E-state index < -0.39 is 5.92 Å². The number of fused-ring (bicyclic) bond motifs is 3. The molecule has 3 aromatic rings. The minimum atomic E-state index is -0.473. The maximum absolute atomic E-state index is 6.38. The van der Waals surface area contributed by atoms with Crippen molar-refractivity contribution in [2.24, 2.45) is 15.0 Å². The zero-order valence-electron chi connectivity index (χ0n) is 13.9. The average Bonchev–Trinajstić information content (AvgIpc) is 3.13. The highest BCUT2D eigenvalue weighted by Crippen LogP contribution is 2.38. The molecule has 0 saturated carbocycles. The summed E-state index contributed by atoms with van der Waals surface area (Å²) in [5, 5.41) is 9.21. The maximum atomic E-state index is 6.38. The van der Waals surface area contributed by atoms with E-state index in [1.165, 1.54) is 0 Å². The summed E-state index contributed by atoms with van der Waals surface area (Å²) in [5.74, 6) is 1.38. The van der Waals surface area contributed by atoms with Gasteiger partial charge < -0.3 is 0 Å². The topological polar surface area (TPSA) is 67.8 Å². The molecule has 2 unspecified atom stereocenters. The summed E-state index contributed by atoms with van der Waals surface area (Å²) in [4.78, 5) is 13.2. The monoisotopic (exact) mass is 394 g/mol. The van der Waals surface area contributed by atoms with Gasteiger partial charge in [-0.15, -0.1) is 10.2 Å². The third kappa shape index (κ3) is 2.69. The molecule has 0 spiro atoms. The number of rotatable bonds is 2. The van der Waals surface area contributed by atoms with E-state index in [0.29, 0.717) is 17.5 Å². The van der Waals surface area contributed by atoms with Crippen LogP contribution in [-0.2, 0) is 0 Å². The molecule has 2 aliphatic rings. The van der Waals surface area contributed by atoms with Crippen LogP contribution in [0.4, 0.5) is 0 Å². The van der Waals surface area contributed by atoms with Crippen molar-refractivity contribution in [1.82, 2.24) is 14.8 Å². The van der Waals surface area contributed by atoms with Crippen LogP contribution in [-0.4, -0.2) is 31.1 Å². The molecule has 6 nitrogen and oxygen atoms in total. The summed E-state index contributed by atoms with van der Waals surface area (Å²) >= 11 is 12.4. The standard InChI is InChI=1S/C19H12Cl2N6/c20-14-13-15(24-19(21)22-14)23-16(11-7-3-1-4-8-11)27-17(25-26-18(13)27)12-9-5-2-6-10-12/h1-10,13,16H. The van der Waals surface area contributed by atoms with Crippen molar-refractivity contribution in [2.45, 2.75) is 12.1 Å². The molecule has 8 heteroatoms. The Hall–Kier alpha value is -2.83. The van der Waals surface area contributed by atoms with Crippen molar-refractivity contribution in [3.8, 4) is 11.4 Å². The van der Waals surface area contributed by atoms with Crippen molar-refractivity contribution < 1.29 is 0 Å². The molecular formula is C19H12Cl2N6. The summed E-state index contributed by atoms with van der Waals surface area (Å²) in [7, 11) is 0. The van der Waals surface area contributed by atoms with E-state index in [1.807, 2.05) is 65.2 Å². The quantitative estimate of drug-likeness (QED) is 0.610. The Balaban J connectivity index is 1.76. The Morgan fingerprint density at radius 2 is 1.52 bits per heavy atom. The lowest BCUT2D eigenvalue weighted by Gasteiger charge is -2.29. The summed E-state index contributed by atoms with van der Waals surface area (Å²) in [6.07, 6.45) is -0.367. The second-order valence-corrected chi connectivity index (χ2v) is 6.86. The Bertz CT molecular complexity index is 1100. The second kappa shape index (κ2) is 6.40. The van der Waals surface area contributed by atoms with E-state index in [4.69, 9.17) is 28.2 Å². The van der Waals surface area contributed by atoms with Gasteiger partial charge in [-0.25, -0.2) is 15.0 Å². The Kier molecular flexibility index (Phi) is 3.88. The molecule has 132 valence electrons. The van der Waals surface area contributed by atoms with Gasteiger partial charge in [-0.1, -0.05) is 72.3 Å². The Labute approximate surface area is 164 Å². The first kappa shape index (κ1) is 16.4. The van der Waals surface area contributed by atoms with Gasteiger partial charge in [-0.05, 0) is 17.2 Å². The largest absolute Gasteiger partial charge is 0.282 e. The highest BCUT2D eigenvalue weighted by molar-refractivity contribution is 6.75. The average molecular weight is 395 g/mol. The number of aliphatic imine (C=N–C) groups is 3. The number of hydrogen-bond donors (Lipinski definition) is 0. The van der Waals surface area contributed by atoms with Gasteiger partial charge in [0.05, 0.1) is 0 Å². The van der Waals surface area contributed by atoms with E-state index >= 15 is 0 Å². The molecule has 0 fully saturated rings. The molecule has 5 rings (SSSR count). The molecule has 0 saturated heterocycles. The van der Waals surface area contributed by atoms with Crippen molar-refractivity contribution in [3.63, 3.8) is 0 Å². The van der Waals surface area contributed by atoms with Gasteiger partial charge >= 0.3 is 0 Å². The zero-order valence-corrected chi connectivity index (χ0v) is 15.4. The van der Waals surface area contributed by atoms with Gasteiger partial charge in [0, 0.05) is 5.56 Å². The van der Waals surface area contributed by atoms with Crippen LogP contribution >= 0.6 is 23.2 Å². The molecule has 3 heterocycles. The van der Waals surface area contributed by atoms with E-state index in [2.05, 4.69) is 20.2 Å². The van der Waals surface area contributed by atoms with Gasteiger partial charge in [-0.2, -0.15) is 0 Å². The third-order valence-corrected chi connectivity index (χ3v) is 4.98. The number of hydrogen-bond acceptors (Lipinski definition) is 5. The molecule has 2 aliphatic heterocycles. The number of benzene rings is 2. The van der Waals surface area contributed by atoms with Crippen LogP contribution in [0.1, 0.15) is 23.5 Å². The van der Waals surface area contributed by atoms with Gasteiger partial charge in [-0.3, -0.25) is 4.57 Å². The normalized spacial score (nSPS) is 20.9. The summed E-state index contributed by atoms with van der Waals surface area (Å²) in [5.41, 5.74) is 1.94. The Morgan fingerprint density at radius 1 is 0.815 bits per heavy atom. The summed E-state index contributed by atoms with van der Waals surface area (Å²) in [6, 6.07) is 19.8. The molecular weight excluding hydrogens is 383 g/mol. The highest BCUT2D eigenvalue weighted by Gasteiger charge is 2.39. The second-order valence-electron chi connectivity index (χ2n) is 6.14. The number of nitrogens with zero attached hydrogens (tertiary/aromatic N) is 6. The molecule has 0 bridgehead atoms. The maximum Gasteiger partial charge on any atom is 0.225 e. The SMILES string of the molecule is ClC1=NC2=NC(c3ccccc3)n3c(-c4ccccc4)nnc3C2C(Cl)=N1. The van der Waals surface area contributed by atoms with E-state index in [9.17, 15) is 0 Å². The lowest BCUT2D eigenvalue weighted by atomic mass is 10.0. The van der Waals surface area contributed by atoms with E-state index in [-0.39, 0.29) is 16.6 Å². The van der Waals surface area contributed by atoms with Gasteiger partial charge in [0.1, 0.15) is 16.9 Å². The molecule has 0 N–H and O–H groups in total. The first-order chi connectivity index (χ1) is 13.2. The van der Waals surface area contributed by atoms with Crippen LogP contribution < -0.4 is 0 Å². The van der Waals surface area contributed by atoms with Crippen LogP contribution in [0.15, 0.2) is 75.6 Å². The summed E-state index contributed by atoms with van der Waals surface area (Å²) < 4.78 is 1.99. The van der Waals surface area contributed by atoms with E-state index in [1.54, 1.807) is 0 Å². The summed E-state index contributed by atoms with van der Waals surface area (Å²) in [6.45, 7) is 0. The minimum absolute atomic E-state index is 0.0676. The van der Waals surface area contributed by atoms with Crippen molar-refractivity contribution in [3.05, 3.63) is 72.1 Å². The van der Waals surface area contributed by atoms with Crippen LogP contribution in [0.2, 0.25) is 0 Å². The third-order valence-electron chi connectivity index (χ3n) is 4.51. The predicted octanol–water partition coefficient (Wildman–Crippen LogP) is 4.23. The van der Waals surface area contributed by atoms with Crippen LogP contribution in [0.3, 0.4) is 0 Å². The molecule has 0 amide bonds. The fraction of sp³-hybridized carbons (Fsp3) is 0.105. The van der Waals surface area contributed by atoms with Crippen LogP contribution in [0.5, 0.6) is 0 Å². The molecule has 1 aromatic heterocycles. The van der Waals surface area contributed by atoms with Crippen molar-refractivity contribution >= 4 is 39.5 Å². The molecule has 2 atom stereocenters. The number of amidine groups is 2. The zero-order chi connectivity index (χ0) is 18.4. The Morgan fingerprint density at radius 3 is 2.26 bits per heavy atom. The lowest BCUT2D eigenvalue weighted by molar-refractivity contribution is 0.568. The van der Waals surface area contributed by atoms with Crippen LogP contribution in [0.25, 0.3) is 11.4 Å². The van der Waals surface area contributed by atoms with Gasteiger partial charge in [0.15, 0.2) is 17.8 Å². The molecule has 0 radical (unpaired) electrons. The number of aromatic nitrogens is 3. The molecule has 2 aromatic carbocycles. The van der Waals surface area contributed by atoms with Crippen LogP contribution in [0, 0.1) is 0 Å². The van der Waals surface area contributed by atoms with Gasteiger partial charge in [0.2, 0.25) is 5.29 Å². The number of halogens is 2. The first-order valence-electron chi connectivity index (χ1n) is 8.33. The van der Waals surface area contributed by atoms with Crippen molar-refractivity contribution in [2.75, 3.05) is 0 Å². The van der Waals surface area contributed by atoms with Gasteiger partial charge in [0.25, 0.3) is 0 Å². The van der Waals surface area contributed by atoms with Crippen molar-refractivity contribution in [1.29, 1.82) is 0 Å². The lowest BCUT2D eigenvalue weighted by Crippen LogP contribution is -2.32. The fourth-order valence-corrected chi connectivity index (χ4v) is 3.82. The predicted molar refractivity (Wildman–Crippen MR) is 107 cm³/mol.